The molecule has 4 aromatic rings. The van der Waals surface area contributed by atoms with Crippen LogP contribution in [0.4, 0.5) is 16.0 Å². The molecule has 1 amide bonds. The Morgan fingerprint density at radius 1 is 1.23 bits per heavy atom. The number of nitro groups is 1. The van der Waals surface area contributed by atoms with Gasteiger partial charge in [0, 0.05) is 17.8 Å². The van der Waals surface area contributed by atoms with Crippen molar-refractivity contribution in [3.05, 3.63) is 91.7 Å². The van der Waals surface area contributed by atoms with Gasteiger partial charge in [0.1, 0.15) is 5.82 Å². The van der Waals surface area contributed by atoms with E-state index in [0.29, 0.717) is 28.5 Å². The van der Waals surface area contributed by atoms with E-state index in [4.69, 9.17) is 0 Å². The van der Waals surface area contributed by atoms with Crippen LogP contribution < -0.4 is 5.32 Å². The Kier molecular flexibility index (Phi) is 5.58. The van der Waals surface area contributed by atoms with Crippen molar-refractivity contribution in [2.24, 2.45) is 0 Å². The van der Waals surface area contributed by atoms with Crippen LogP contribution in [0.15, 0.2) is 54.0 Å². The van der Waals surface area contributed by atoms with E-state index in [1.165, 1.54) is 28.2 Å². The van der Waals surface area contributed by atoms with E-state index in [-0.39, 0.29) is 24.1 Å². The molecule has 0 saturated heterocycles. The highest BCUT2D eigenvalue weighted by Crippen LogP contribution is 2.19. The van der Waals surface area contributed by atoms with Crippen molar-refractivity contribution in [1.29, 1.82) is 0 Å². The van der Waals surface area contributed by atoms with Crippen molar-refractivity contribution in [2.45, 2.75) is 20.0 Å². The van der Waals surface area contributed by atoms with E-state index in [0.717, 1.165) is 5.56 Å². The fraction of sp³-hybridized carbons (Fsp3) is 0.150. The third kappa shape index (κ3) is 4.67. The molecule has 0 saturated carbocycles. The molecule has 0 spiro atoms. The number of aromatic nitrogens is 4. The summed E-state index contributed by atoms with van der Waals surface area (Å²) in [6.45, 7) is 2.30. The van der Waals surface area contributed by atoms with Crippen molar-refractivity contribution in [2.75, 3.05) is 5.32 Å². The van der Waals surface area contributed by atoms with Gasteiger partial charge in [0.15, 0.2) is 5.82 Å². The van der Waals surface area contributed by atoms with Crippen molar-refractivity contribution in [3.8, 4) is 0 Å². The fourth-order valence-corrected chi connectivity index (χ4v) is 3.79. The number of halogens is 1. The highest BCUT2D eigenvalue weighted by molar-refractivity contribution is 7.12. The number of anilines is 1. The number of amides is 1. The van der Waals surface area contributed by atoms with Gasteiger partial charge in [-0.3, -0.25) is 9.48 Å². The molecule has 0 unspecified atom stereocenters. The lowest BCUT2D eigenvalue weighted by Crippen LogP contribution is -2.11. The van der Waals surface area contributed by atoms with Crippen LogP contribution in [-0.4, -0.2) is 30.4 Å². The number of nitrogens with one attached hydrogen (secondary N) is 1. The molecular weight excluding hydrogens is 423 g/mol. The van der Waals surface area contributed by atoms with Gasteiger partial charge < -0.3 is 15.4 Å². The van der Waals surface area contributed by atoms with E-state index in [9.17, 15) is 19.3 Å². The highest BCUT2D eigenvalue weighted by atomic mass is 32.1. The maximum absolute atomic E-state index is 13.8. The average molecular weight is 440 g/mol. The zero-order valence-corrected chi connectivity index (χ0v) is 17.2. The summed E-state index contributed by atoms with van der Waals surface area (Å²) in [5.41, 5.74) is 1.96. The molecule has 0 radical (unpaired) electrons. The molecule has 0 fully saturated rings. The maximum atomic E-state index is 13.8. The van der Waals surface area contributed by atoms with Gasteiger partial charge in [0.2, 0.25) is 0 Å². The minimum absolute atomic E-state index is 0.211. The molecule has 0 atom stereocenters. The number of hydrogen-bond donors (Lipinski definition) is 1. The standard InChI is InChI=1S/C20H17FN6O3S/c1-13-8-19(27(29)30)24-26(13)10-14-9-17(31-12-14)20(28)22-18-6-7-25(23-18)11-15-4-2-3-5-16(15)21/h2-9,12H,10-11H2,1H3,(H,22,23,28). The first-order valence-electron chi connectivity index (χ1n) is 9.23. The first-order valence-corrected chi connectivity index (χ1v) is 10.1. The highest BCUT2D eigenvalue weighted by Gasteiger charge is 2.17. The second-order valence-corrected chi connectivity index (χ2v) is 7.73. The summed E-state index contributed by atoms with van der Waals surface area (Å²) < 4.78 is 16.9. The fourth-order valence-electron chi connectivity index (χ4n) is 2.99. The minimum Gasteiger partial charge on any atom is -0.358 e. The van der Waals surface area contributed by atoms with Gasteiger partial charge in [-0.05, 0) is 34.9 Å². The number of aryl methyl sites for hydroxylation is 1. The van der Waals surface area contributed by atoms with Crippen molar-refractivity contribution >= 4 is 28.9 Å². The van der Waals surface area contributed by atoms with Crippen LogP contribution in [0.1, 0.15) is 26.5 Å². The quantitative estimate of drug-likeness (QED) is 0.347. The van der Waals surface area contributed by atoms with Gasteiger partial charge in [-0.15, -0.1) is 11.3 Å². The largest absolute Gasteiger partial charge is 0.390 e. The van der Waals surface area contributed by atoms with E-state index < -0.39 is 4.92 Å². The Hall–Kier alpha value is -3.86. The number of rotatable bonds is 7. The second kappa shape index (κ2) is 8.48. The van der Waals surface area contributed by atoms with Gasteiger partial charge >= 0.3 is 5.82 Å². The minimum atomic E-state index is -0.540. The SMILES string of the molecule is Cc1cc([N+](=O)[O-])nn1Cc1csc(C(=O)Nc2ccn(Cc3ccccc3F)n2)c1. The normalized spacial score (nSPS) is 10.9. The molecule has 4 rings (SSSR count). The smallest absolute Gasteiger partial charge is 0.358 e. The van der Waals surface area contributed by atoms with Gasteiger partial charge in [-0.2, -0.15) is 9.78 Å². The lowest BCUT2D eigenvalue weighted by atomic mass is 10.2. The van der Waals surface area contributed by atoms with Crippen LogP contribution in [0, 0.1) is 22.9 Å². The monoisotopic (exact) mass is 440 g/mol. The van der Waals surface area contributed by atoms with E-state index in [1.807, 2.05) is 0 Å². The van der Waals surface area contributed by atoms with Gasteiger partial charge in [0.05, 0.1) is 34.8 Å². The molecule has 9 nitrogen and oxygen atoms in total. The first-order chi connectivity index (χ1) is 14.9. The van der Waals surface area contributed by atoms with Crippen molar-refractivity contribution < 1.29 is 14.1 Å². The van der Waals surface area contributed by atoms with Crippen LogP contribution in [-0.2, 0) is 13.1 Å². The molecule has 31 heavy (non-hydrogen) atoms. The van der Waals surface area contributed by atoms with Crippen LogP contribution in [0.3, 0.4) is 0 Å². The van der Waals surface area contributed by atoms with Crippen molar-refractivity contribution in [1.82, 2.24) is 19.6 Å². The summed E-state index contributed by atoms with van der Waals surface area (Å²) in [6, 6.07) is 11.2. The maximum Gasteiger partial charge on any atom is 0.390 e. The summed E-state index contributed by atoms with van der Waals surface area (Å²) in [5.74, 6) is -0.491. The lowest BCUT2D eigenvalue weighted by Gasteiger charge is -2.03. The second-order valence-electron chi connectivity index (χ2n) is 6.82. The van der Waals surface area contributed by atoms with E-state index >= 15 is 0 Å². The third-order valence-corrected chi connectivity index (χ3v) is 5.52. The summed E-state index contributed by atoms with van der Waals surface area (Å²) >= 11 is 1.26. The summed E-state index contributed by atoms with van der Waals surface area (Å²) in [6.07, 6.45) is 1.66. The Balaban J connectivity index is 1.40. The zero-order valence-electron chi connectivity index (χ0n) is 16.4. The molecule has 0 aliphatic rings. The molecule has 0 aliphatic carbocycles. The molecule has 3 aromatic heterocycles. The van der Waals surface area contributed by atoms with Crippen LogP contribution in [0.25, 0.3) is 0 Å². The van der Waals surface area contributed by atoms with Crippen molar-refractivity contribution in [3.63, 3.8) is 0 Å². The Morgan fingerprint density at radius 3 is 2.77 bits per heavy atom. The third-order valence-electron chi connectivity index (χ3n) is 4.54. The summed E-state index contributed by atoms with van der Waals surface area (Å²) in [5, 5.41) is 23.6. The Labute approximate surface area is 179 Å². The predicted octanol–water partition coefficient (Wildman–Crippen LogP) is 3.85. The number of hydrogen-bond acceptors (Lipinski definition) is 6. The Bertz CT molecular complexity index is 1260. The zero-order chi connectivity index (χ0) is 22.0. The van der Waals surface area contributed by atoms with E-state index in [2.05, 4.69) is 15.5 Å². The molecule has 11 heteroatoms. The number of nitrogens with zero attached hydrogens (tertiary/aromatic N) is 5. The number of carbonyl (C=O) groups is 1. The van der Waals surface area contributed by atoms with Gasteiger partial charge in [-0.1, -0.05) is 18.2 Å². The van der Waals surface area contributed by atoms with Crippen LogP contribution in [0.5, 0.6) is 0 Å². The van der Waals surface area contributed by atoms with Crippen LogP contribution >= 0.6 is 11.3 Å². The molecule has 0 bridgehead atoms. The average Bonchev–Trinajstić information content (AvgIpc) is 3.45. The molecule has 1 N–H and O–H groups in total. The molecule has 158 valence electrons. The molecule has 1 aromatic carbocycles. The van der Waals surface area contributed by atoms with Crippen LogP contribution in [0.2, 0.25) is 0 Å². The first kappa shape index (κ1) is 20.4. The van der Waals surface area contributed by atoms with Gasteiger partial charge in [0.25, 0.3) is 5.91 Å². The lowest BCUT2D eigenvalue weighted by molar-refractivity contribution is -0.389. The number of benzene rings is 1. The van der Waals surface area contributed by atoms with Gasteiger partial charge in [-0.25, -0.2) is 4.39 Å². The number of thiophene rings is 1. The summed E-state index contributed by atoms with van der Waals surface area (Å²) in [7, 11) is 0. The molecule has 0 aliphatic heterocycles. The van der Waals surface area contributed by atoms with E-state index in [1.54, 1.807) is 53.5 Å². The molecular formula is C20H17FN6O3S. The topological polar surface area (TPSA) is 108 Å². The molecule has 3 heterocycles. The number of carbonyl (C=O) groups excluding carboxylic acids is 1. The predicted molar refractivity (Wildman–Crippen MR) is 113 cm³/mol. The summed E-state index contributed by atoms with van der Waals surface area (Å²) in [4.78, 5) is 23.3. The Morgan fingerprint density at radius 2 is 2.03 bits per heavy atom.